The Morgan fingerprint density at radius 3 is 2.50 bits per heavy atom. The van der Waals surface area contributed by atoms with Gasteiger partial charge in [0.2, 0.25) is 5.79 Å². The second-order valence-corrected chi connectivity index (χ2v) is 12.5. The first-order chi connectivity index (χ1) is 23.3. The second-order valence-electron chi connectivity index (χ2n) is 11.7. The zero-order valence-corrected chi connectivity index (χ0v) is 28.0. The monoisotopic (exact) mass is 693 g/mol. The number of aromatic nitrogens is 2. The van der Waals surface area contributed by atoms with Gasteiger partial charge in [0.15, 0.2) is 0 Å². The fourth-order valence-electron chi connectivity index (χ4n) is 5.91. The highest BCUT2D eigenvalue weighted by atomic mass is 35.5. The molecule has 2 fully saturated rings. The van der Waals surface area contributed by atoms with E-state index in [0.29, 0.717) is 67.1 Å². The van der Waals surface area contributed by atoms with Crippen LogP contribution in [0.5, 0.6) is 5.75 Å². The molecule has 2 aliphatic rings. The maximum absolute atomic E-state index is 13.1. The molecule has 3 heterocycles. The first-order valence-electron chi connectivity index (χ1n) is 15.7. The third-order valence-corrected chi connectivity index (χ3v) is 8.97. The first-order valence-corrected chi connectivity index (χ1v) is 16.5. The predicted octanol–water partition coefficient (Wildman–Crippen LogP) is 5.15. The second kappa shape index (κ2) is 15.3. The highest BCUT2D eigenvalue weighted by molar-refractivity contribution is 6.35. The minimum Gasteiger partial charge on any atom is -0.491 e. The van der Waals surface area contributed by atoms with Crippen molar-refractivity contribution in [2.24, 2.45) is 0 Å². The summed E-state index contributed by atoms with van der Waals surface area (Å²) in [6, 6.07) is 21.6. The van der Waals surface area contributed by atoms with E-state index in [1.54, 1.807) is 29.6 Å². The highest BCUT2D eigenvalue weighted by Crippen LogP contribution is 2.40. The lowest BCUT2D eigenvalue weighted by Gasteiger charge is -2.36. The van der Waals surface area contributed by atoms with E-state index < -0.39 is 17.8 Å². The van der Waals surface area contributed by atoms with Crippen molar-refractivity contribution in [2.45, 2.75) is 30.9 Å². The number of anilines is 1. The van der Waals surface area contributed by atoms with Crippen molar-refractivity contribution < 1.29 is 28.5 Å². The standard InChI is InChI=1S/C35H37Cl2N5O6/c1-45-33(43)32(19-25-5-3-2-4-6-25)39-34(44)42-17-15-41(16-18-42)27-8-10-28(11-9-27)46-21-29-22-47-35(48-29,23-40-14-13-38-24-40)30-12-7-26(36)20-31(30)37/h2-14,20,24,29,32H,15-19,21-23H2,1H3,(H,39,44)/t29-,32+,35+/m1/s1. The topological polar surface area (TPSA) is 107 Å². The van der Waals surface area contributed by atoms with E-state index in [-0.39, 0.29) is 18.7 Å². The van der Waals surface area contributed by atoms with Crippen molar-refractivity contribution in [3.8, 4) is 5.75 Å². The van der Waals surface area contributed by atoms with Gasteiger partial charge in [-0.1, -0.05) is 59.6 Å². The van der Waals surface area contributed by atoms with Gasteiger partial charge in [-0.25, -0.2) is 14.6 Å². The van der Waals surface area contributed by atoms with E-state index in [2.05, 4.69) is 15.2 Å². The number of hydrogen-bond donors (Lipinski definition) is 1. The number of carbonyl (C=O) groups is 2. The van der Waals surface area contributed by atoms with Crippen LogP contribution in [0, 0.1) is 0 Å². The summed E-state index contributed by atoms with van der Waals surface area (Å²) in [5.74, 6) is -0.897. The Bertz CT molecular complexity index is 1670. The molecular formula is C35H37Cl2N5O6. The Morgan fingerprint density at radius 1 is 1.04 bits per heavy atom. The van der Waals surface area contributed by atoms with Crippen LogP contribution in [0.3, 0.4) is 0 Å². The molecule has 48 heavy (non-hydrogen) atoms. The smallest absolute Gasteiger partial charge is 0.328 e. The van der Waals surface area contributed by atoms with Crippen LogP contribution in [-0.2, 0) is 37.8 Å². The van der Waals surface area contributed by atoms with E-state index in [4.69, 9.17) is 42.1 Å². The van der Waals surface area contributed by atoms with Crippen LogP contribution < -0.4 is 15.0 Å². The Labute approximate surface area is 289 Å². The predicted molar refractivity (Wildman–Crippen MR) is 181 cm³/mol. The molecule has 2 amide bonds. The molecule has 3 aromatic carbocycles. The minimum absolute atomic E-state index is 0.279. The number of urea groups is 1. The van der Waals surface area contributed by atoms with E-state index >= 15 is 0 Å². The molecule has 3 atom stereocenters. The molecule has 1 aromatic heterocycles. The molecular weight excluding hydrogens is 657 g/mol. The fourth-order valence-corrected chi connectivity index (χ4v) is 6.46. The number of carbonyl (C=O) groups excluding carboxylic acids is 2. The van der Waals surface area contributed by atoms with Gasteiger partial charge in [0.25, 0.3) is 0 Å². The summed E-state index contributed by atoms with van der Waals surface area (Å²) < 4.78 is 25.7. The number of methoxy groups -OCH3 is 1. The molecule has 0 radical (unpaired) electrons. The summed E-state index contributed by atoms with van der Waals surface area (Å²) in [6.07, 6.45) is 5.25. The molecule has 11 nitrogen and oxygen atoms in total. The molecule has 13 heteroatoms. The third kappa shape index (κ3) is 8.04. The van der Waals surface area contributed by atoms with Crippen LogP contribution in [0.4, 0.5) is 10.5 Å². The molecule has 0 spiro atoms. The van der Waals surface area contributed by atoms with E-state index in [1.165, 1.54) is 7.11 Å². The van der Waals surface area contributed by atoms with Crippen molar-refractivity contribution >= 4 is 40.9 Å². The number of imidazole rings is 1. The molecule has 252 valence electrons. The average molecular weight is 695 g/mol. The Morgan fingerprint density at radius 2 is 1.81 bits per heavy atom. The van der Waals surface area contributed by atoms with Crippen LogP contribution in [0.15, 0.2) is 91.5 Å². The third-order valence-electron chi connectivity index (χ3n) is 8.42. The molecule has 2 aliphatic heterocycles. The van der Waals surface area contributed by atoms with Crippen molar-refractivity contribution in [1.82, 2.24) is 19.8 Å². The normalized spacial score (nSPS) is 19.9. The summed E-state index contributed by atoms with van der Waals surface area (Å²) in [4.78, 5) is 33.5. The molecule has 0 aliphatic carbocycles. The van der Waals surface area contributed by atoms with Gasteiger partial charge in [-0.05, 0) is 42.0 Å². The number of hydrogen-bond acceptors (Lipinski definition) is 8. The van der Waals surface area contributed by atoms with Crippen LogP contribution in [-0.4, -0.2) is 85.1 Å². The molecule has 1 N–H and O–H groups in total. The van der Waals surface area contributed by atoms with Crippen LogP contribution in [0.25, 0.3) is 0 Å². The summed E-state index contributed by atoms with van der Waals surface area (Å²) in [5.41, 5.74) is 2.65. The number of halogens is 2. The maximum Gasteiger partial charge on any atom is 0.328 e. The molecule has 0 saturated carbocycles. The fraction of sp³-hybridized carbons (Fsp3) is 0.343. The number of esters is 1. The van der Waals surface area contributed by atoms with E-state index in [1.807, 2.05) is 71.4 Å². The number of rotatable bonds is 11. The molecule has 4 aromatic rings. The SMILES string of the molecule is COC(=O)[C@H](Cc1ccccc1)NC(=O)N1CCN(c2ccc(OC[C@@H]3CO[C@](Cn4ccnc4)(c4ccc(Cl)cc4Cl)O3)cc2)CC1. The zero-order chi connectivity index (χ0) is 33.5. The van der Waals surface area contributed by atoms with Crippen molar-refractivity contribution in [2.75, 3.05) is 51.4 Å². The average Bonchev–Trinajstić information content (AvgIpc) is 3.78. The number of benzene rings is 3. The van der Waals surface area contributed by atoms with Gasteiger partial charge in [-0.2, -0.15) is 0 Å². The van der Waals surface area contributed by atoms with Gasteiger partial charge >= 0.3 is 12.0 Å². The van der Waals surface area contributed by atoms with Gasteiger partial charge in [0.1, 0.15) is 24.5 Å². The summed E-state index contributed by atoms with van der Waals surface area (Å²) >= 11 is 12.7. The Kier molecular flexibility index (Phi) is 10.7. The quantitative estimate of drug-likeness (QED) is 0.215. The largest absolute Gasteiger partial charge is 0.491 e. The highest BCUT2D eigenvalue weighted by Gasteiger charge is 2.45. The molecule has 6 rings (SSSR count). The first kappa shape index (κ1) is 33.6. The lowest BCUT2D eigenvalue weighted by molar-refractivity contribution is -0.189. The maximum atomic E-state index is 13.1. The number of nitrogens with zero attached hydrogens (tertiary/aromatic N) is 4. The Balaban J connectivity index is 1.00. The summed E-state index contributed by atoms with van der Waals surface area (Å²) in [5, 5.41) is 3.84. The lowest BCUT2D eigenvalue weighted by Crippen LogP contribution is -2.55. The molecule has 2 saturated heterocycles. The number of nitrogens with one attached hydrogen (secondary N) is 1. The minimum atomic E-state index is -1.12. The summed E-state index contributed by atoms with van der Waals surface area (Å²) in [7, 11) is 1.33. The van der Waals surface area contributed by atoms with Gasteiger partial charge < -0.3 is 38.6 Å². The summed E-state index contributed by atoms with van der Waals surface area (Å²) in [6.45, 7) is 3.27. The van der Waals surface area contributed by atoms with Crippen LogP contribution in [0.2, 0.25) is 10.0 Å². The molecule has 0 unspecified atom stereocenters. The van der Waals surface area contributed by atoms with Gasteiger partial charge in [-0.3, -0.25) is 0 Å². The van der Waals surface area contributed by atoms with E-state index in [9.17, 15) is 9.59 Å². The van der Waals surface area contributed by atoms with Gasteiger partial charge in [-0.15, -0.1) is 0 Å². The number of piperazine rings is 1. The molecule has 0 bridgehead atoms. The van der Waals surface area contributed by atoms with Gasteiger partial charge in [0.05, 0.1) is 31.6 Å². The number of amides is 2. The number of ether oxygens (including phenoxy) is 4. The van der Waals surface area contributed by atoms with Crippen LogP contribution >= 0.6 is 23.2 Å². The van der Waals surface area contributed by atoms with Gasteiger partial charge in [0, 0.05) is 61.3 Å². The van der Waals surface area contributed by atoms with Crippen LogP contribution in [0.1, 0.15) is 11.1 Å². The van der Waals surface area contributed by atoms with E-state index in [0.717, 1.165) is 11.3 Å². The zero-order valence-electron chi connectivity index (χ0n) is 26.5. The van der Waals surface area contributed by atoms with Crippen molar-refractivity contribution in [3.05, 3.63) is 113 Å². The Hall–Kier alpha value is -4.29. The lowest BCUT2D eigenvalue weighted by atomic mass is 10.1. The van der Waals surface area contributed by atoms with Crippen molar-refractivity contribution in [1.29, 1.82) is 0 Å². The van der Waals surface area contributed by atoms with Crippen molar-refractivity contribution in [3.63, 3.8) is 0 Å².